The average Bonchev–Trinajstić information content (AvgIpc) is 3.06. The summed E-state index contributed by atoms with van der Waals surface area (Å²) in [7, 11) is 0. The minimum Gasteiger partial charge on any atom is -0.370 e. The number of nitrogens with two attached hydrogens (primary N) is 2. The van der Waals surface area contributed by atoms with Crippen molar-refractivity contribution in [1.82, 2.24) is 25.8 Å². The smallest absolute Gasteiger partial charge is 0.312 e. The Labute approximate surface area is 287 Å². The van der Waals surface area contributed by atoms with E-state index in [1.165, 1.54) is 4.90 Å². The van der Waals surface area contributed by atoms with Gasteiger partial charge in [-0.05, 0) is 55.1 Å². The molecule has 262 valence electrons. The number of thiol groups is 1. The van der Waals surface area contributed by atoms with E-state index in [4.69, 9.17) is 11.5 Å². The molecule has 13 nitrogen and oxygen atoms in total. The number of urea groups is 1. The van der Waals surface area contributed by atoms with Gasteiger partial charge in [-0.3, -0.25) is 29.0 Å². The molecule has 1 aromatic carbocycles. The highest BCUT2D eigenvalue weighted by molar-refractivity contribution is 7.80. The summed E-state index contributed by atoms with van der Waals surface area (Å²) in [6.45, 7) is 0.593. The summed E-state index contributed by atoms with van der Waals surface area (Å²) >= 11 is 4.18. The third kappa shape index (κ3) is 17.0. The van der Waals surface area contributed by atoms with Crippen LogP contribution in [0.1, 0.15) is 68.9 Å². The Hall–Kier alpha value is -4.30. The molecule has 48 heavy (non-hydrogen) atoms. The summed E-state index contributed by atoms with van der Waals surface area (Å²) in [5, 5.41) is 8.43. The Morgan fingerprint density at radius 1 is 0.875 bits per heavy atom. The lowest BCUT2D eigenvalue weighted by molar-refractivity contribution is -0.137. The number of nitrogens with zero attached hydrogens (tertiary/aromatic N) is 2. The van der Waals surface area contributed by atoms with Gasteiger partial charge in [-0.1, -0.05) is 42.8 Å². The van der Waals surface area contributed by atoms with E-state index in [1.54, 1.807) is 18.5 Å². The first-order valence-electron chi connectivity index (χ1n) is 16.3. The van der Waals surface area contributed by atoms with E-state index >= 15 is 0 Å². The van der Waals surface area contributed by atoms with E-state index in [9.17, 15) is 28.8 Å². The molecule has 0 aliphatic heterocycles. The Balaban J connectivity index is 2.15. The van der Waals surface area contributed by atoms with Crippen molar-refractivity contribution in [1.29, 1.82) is 0 Å². The van der Waals surface area contributed by atoms with Crippen molar-refractivity contribution in [3.63, 3.8) is 0 Å². The van der Waals surface area contributed by atoms with Crippen LogP contribution in [-0.2, 0) is 37.1 Å². The van der Waals surface area contributed by atoms with Crippen molar-refractivity contribution < 1.29 is 28.8 Å². The number of hydrogen-bond donors (Lipinski definition) is 6. The van der Waals surface area contributed by atoms with Crippen molar-refractivity contribution >= 4 is 47.9 Å². The van der Waals surface area contributed by atoms with Gasteiger partial charge in [0, 0.05) is 57.2 Å². The van der Waals surface area contributed by atoms with Crippen LogP contribution in [-0.4, -0.2) is 76.6 Å². The first-order valence-corrected chi connectivity index (χ1v) is 16.9. The van der Waals surface area contributed by atoms with Gasteiger partial charge in [0.25, 0.3) is 0 Å². The van der Waals surface area contributed by atoms with Crippen LogP contribution >= 0.6 is 12.6 Å². The fourth-order valence-electron chi connectivity index (χ4n) is 5.08. The second-order valence-electron chi connectivity index (χ2n) is 11.6. The van der Waals surface area contributed by atoms with Crippen molar-refractivity contribution in [3.05, 3.63) is 66.0 Å². The monoisotopic (exact) mass is 683 g/mol. The molecule has 0 fully saturated rings. The molecule has 1 aromatic heterocycles. The van der Waals surface area contributed by atoms with E-state index in [0.717, 1.165) is 11.1 Å². The highest BCUT2D eigenvalue weighted by Crippen LogP contribution is 2.16. The maximum atomic E-state index is 13.6. The number of carbonyl (C=O) groups excluding carboxylic acids is 6. The lowest BCUT2D eigenvalue weighted by atomic mass is 9.93. The van der Waals surface area contributed by atoms with Gasteiger partial charge >= 0.3 is 6.03 Å². The zero-order valence-corrected chi connectivity index (χ0v) is 28.3. The molecule has 0 bridgehead atoms. The minimum atomic E-state index is -0.824. The molecule has 1 heterocycles. The maximum Gasteiger partial charge on any atom is 0.312 e. The van der Waals surface area contributed by atoms with Crippen molar-refractivity contribution in [3.8, 4) is 0 Å². The average molecular weight is 684 g/mol. The number of nitrogens with one attached hydrogen (secondary N) is 3. The third-order valence-corrected chi connectivity index (χ3v) is 7.91. The van der Waals surface area contributed by atoms with E-state index in [1.807, 2.05) is 36.4 Å². The van der Waals surface area contributed by atoms with E-state index in [-0.39, 0.29) is 69.3 Å². The van der Waals surface area contributed by atoms with Crippen LogP contribution in [0.3, 0.4) is 0 Å². The highest BCUT2D eigenvalue weighted by atomic mass is 32.1. The number of Topliss-reactive ketones (excluding diaryl/α,β-unsaturated/α-hetero) is 2. The molecule has 5 amide bonds. The van der Waals surface area contributed by atoms with Gasteiger partial charge in [-0.25, -0.2) is 4.79 Å². The van der Waals surface area contributed by atoms with Crippen LogP contribution in [0.2, 0.25) is 0 Å². The number of benzene rings is 1. The molecule has 2 atom stereocenters. The summed E-state index contributed by atoms with van der Waals surface area (Å²) in [6, 6.07) is 11.5. The van der Waals surface area contributed by atoms with Crippen LogP contribution in [0.5, 0.6) is 0 Å². The van der Waals surface area contributed by atoms with E-state index < -0.39 is 29.8 Å². The fourth-order valence-corrected chi connectivity index (χ4v) is 5.24. The van der Waals surface area contributed by atoms with Crippen LogP contribution < -0.4 is 27.4 Å². The Morgan fingerprint density at radius 2 is 1.62 bits per heavy atom. The summed E-state index contributed by atoms with van der Waals surface area (Å²) in [5.41, 5.74) is 12.2. The molecule has 0 saturated carbocycles. The fraction of sp³-hybridized carbons (Fsp3) is 0.500. The number of amides is 5. The van der Waals surface area contributed by atoms with Crippen LogP contribution in [0, 0.1) is 5.92 Å². The topological polar surface area (TPSA) is 207 Å². The minimum absolute atomic E-state index is 0.0104. The SMILES string of the molecule is NC(=O)CCCCC(NC(=O)C(CCCNC(N)=O)CC(=O)CN(Cc1ccccc1)C(=O)CNCc1cccnc1)C(=O)CCCS. The molecule has 0 aliphatic rings. The van der Waals surface area contributed by atoms with Crippen LogP contribution in [0.15, 0.2) is 54.9 Å². The maximum absolute atomic E-state index is 13.6. The van der Waals surface area contributed by atoms with Crippen LogP contribution in [0.25, 0.3) is 0 Å². The normalized spacial score (nSPS) is 12.0. The number of carbonyl (C=O) groups is 6. The zero-order chi connectivity index (χ0) is 35.1. The summed E-state index contributed by atoms with van der Waals surface area (Å²) in [4.78, 5) is 81.3. The first-order chi connectivity index (χ1) is 23.1. The van der Waals surface area contributed by atoms with Gasteiger partial charge in [0.15, 0.2) is 11.6 Å². The molecule has 14 heteroatoms. The number of aromatic nitrogens is 1. The Kier molecular flexibility index (Phi) is 19.2. The van der Waals surface area contributed by atoms with Gasteiger partial charge in [0.2, 0.25) is 17.7 Å². The summed E-state index contributed by atoms with van der Waals surface area (Å²) in [6.07, 6.45) is 6.01. The van der Waals surface area contributed by atoms with Gasteiger partial charge < -0.3 is 32.3 Å². The summed E-state index contributed by atoms with van der Waals surface area (Å²) < 4.78 is 0. The third-order valence-electron chi connectivity index (χ3n) is 7.59. The van der Waals surface area contributed by atoms with Gasteiger partial charge in [0.05, 0.1) is 19.1 Å². The quantitative estimate of drug-likeness (QED) is 0.0673. The predicted molar refractivity (Wildman–Crippen MR) is 185 cm³/mol. The van der Waals surface area contributed by atoms with Crippen molar-refractivity contribution in [2.45, 2.75) is 76.9 Å². The molecule has 2 aromatic rings. The van der Waals surface area contributed by atoms with Crippen molar-refractivity contribution in [2.75, 3.05) is 25.4 Å². The number of pyridine rings is 1. The van der Waals surface area contributed by atoms with Gasteiger partial charge in [-0.15, -0.1) is 0 Å². The molecule has 7 N–H and O–H groups in total. The molecule has 2 unspecified atom stereocenters. The highest BCUT2D eigenvalue weighted by Gasteiger charge is 2.28. The molecule has 2 rings (SSSR count). The number of primary amides is 2. The second kappa shape index (κ2) is 23.1. The first kappa shape index (κ1) is 39.9. The van der Waals surface area contributed by atoms with Crippen LogP contribution in [0.4, 0.5) is 4.79 Å². The Morgan fingerprint density at radius 3 is 2.29 bits per heavy atom. The van der Waals surface area contributed by atoms with E-state index in [0.29, 0.717) is 44.4 Å². The molecule has 0 spiro atoms. The molecular weight excluding hydrogens is 634 g/mol. The lowest BCUT2D eigenvalue weighted by Crippen LogP contribution is -2.45. The number of hydrogen-bond acceptors (Lipinski definition) is 9. The van der Waals surface area contributed by atoms with Gasteiger partial charge in [0.1, 0.15) is 0 Å². The zero-order valence-electron chi connectivity index (χ0n) is 27.4. The van der Waals surface area contributed by atoms with E-state index in [2.05, 4.69) is 33.6 Å². The number of unbranched alkanes of at least 4 members (excludes halogenated alkanes) is 1. The lowest BCUT2D eigenvalue weighted by Gasteiger charge is -2.25. The predicted octanol–water partition coefficient (Wildman–Crippen LogP) is 2.03. The van der Waals surface area contributed by atoms with Gasteiger partial charge in [-0.2, -0.15) is 12.6 Å². The summed E-state index contributed by atoms with van der Waals surface area (Å²) in [5.74, 6) is -1.99. The number of rotatable bonds is 25. The largest absolute Gasteiger partial charge is 0.370 e. The van der Waals surface area contributed by atoms with Crippen molar-refractivity contribution in [2.24, 2.45) is 17.4 Å². The number of ketones is 2. The Bertz CT molecular complexity index is 1320. The standard InChI is InChI=1S/C34H49N7O6S/c35-31(44)15-5-4-13-29(30(43)14-8-18-48)40-33(46)27(12-7-17-39-34(36)47)19-28(42)24-41(23-25-9-2-1-3-10-25)32(45)22-38-21-26-11-6-16-37-20-26/h1-3,6,9-11,16,20,27,29,38,48H,4-5,7-8,12-15,17-19,21-24H2,(H2,35,44)(H,40,46)(H3,36,39,47). The molecular formula is C34H49N7O6S. The molecule has 0 aliphatic carbocycles. The second-order valence-corrected chi connectivity index (χ2v) is 12.1. The molecule has 0 radical (unpaired) electrons. The molecule has 0 saturated heterocycles.